The van der Waals surface area contributed by atoms with Crippen molar-refractivity contribution in [3.63, 3.8) is 0 Å². The third-order valence-electron chi connectivity index (χ3n) is 2.24. The molecule has 1 rings (SSSR count). The number of aromatic nitrogens is 1. The third-order valence-corrected chi connectivity index (χ3v) is 4.71. The van der Waals surface area contributed by atoms with Crippen molar-refractivity contribution < 1.29 is 0 Å². The van der Waals surface area contributed by atoms with E-state index in [4.69, 9.17) is 0 Å². The Kier molecular flexibility index (Phi) is 6.39. The zero-order valence-corrected chi connectivity index (χ0v) is 12.3. The van der Waals surface area contributed by atoms with Crippen molar-refractivity contribution in [1.29, 1.82) is 0 Å². The fourth-order valence-corrected chi connectivity index (χ4v) is 3.02. The second-order valence-electron chi connectivity index (χ2n) is 4.19. The first-order chi connectivity index (χ1) is 7.63. The van der Waals surface area contributed by atoms with Crippen molar-refractivity contribution in [2.75, 3.05) is 6.54 Å². The van der Waals surface area contributed by atoms with E-state index in [9.17, 15) is 0 Å². The van der Waals surface area contributed by atoms with Crippen LogP contribution in [0.1, 0.15) is 50.0 Å². The lowest BCUT2D eigenvalue weighted by Gasteiger charge is -2.09. The summed E-state index contributed by atoms with van der Waals surface area (Å²) in [6, 6.07) is 0.440. The van der Waals surface area contributed by atoms with Crippen molar-refractivity contribution in [3.8, 4) is 0 Å². The Labute approximate surface area is 107 Å². The normalized spacial score (nSPS) is 13.3. The molecule has 0 saturated heterocycles. The molecule has 0 spiro atoms. The Bertz CT molecular complexity index is 297. The minimum absolute atomic E-state index is 0.440. The Balaban J connectivity index is 2.43. The summed E-state index contributed by atoms with van der Waals surface area (Å²) in [5.74, 6) is 1.04. The van der Waals surface area contributed by atoms with Crippen LogP contribution in [0.5, 0.6) is 0 Å². The Hall–Kier alpha value is -0.0600. The first kappa shape index (κ1) is 14.0. The van der Waals surface area contributed by atoms with Crippen LogP contribution in [0.4, 0.5) is 0 Å². The largest absolute Gasteiger partial charge is 0.309 e. The molecule has 0 fully saturated rings. The quantitative estimate of drug-likeness (QED) is 0.804. The van der Waals surface area contributed by atoms with Gasteiger partial charge in [0.1, 0.15) is 5.01 Å². The monoisotopic (exact) mass is 258 g/mol. The lowest BCUT2D eigenvalue weighted by molar-refractivity contribution is 0.577. The molecule has 0 aliphatic carbocycles. The van der Waals surface area contributed by atoms with Gasteiger partial charge in [0.05, 0.1) is 0 Å². The first-order valence-electron chi connectivity index (χ1n) is 5.93. The highest BCUT2D eigenvalue weighted by Crippen LogP contribution is 2.25. The Morgan fingerprint density at radius 1 is 1.44 bits per heavy atom. The van der Waals surface area contributed by atoms with Gasteiger partial charge in [-0.1, -0.05) is 20.8 Å². The smallest absolute Gasteiger partial charge is 0.103 e. The maximum absolute atomic E-state index is 4.47. The van der Waals surface area contributed by atoms with Gasteiger partial charge in [0.2, 0.25) is 0 Å². The van der Waals surface area contributed by atoms with Crippen molar-refractivity contribution in [2.45, 2.75) is 51.2 Å². The summed E-state index contributed by atoms with van der Waals surface area (Å²) in [6.07, 6.45) is 3.20. The van der Waals surface area contributed by atoms with Gasteiger partial charge >= 0.3 is 0 Å². The van der Waals surface area contributed by atoms with E-state index in [1.165, 1.54) is 16.3 Å². The highest BCUT2D eigenvalue weighted by molar-refractivity contribution is 7.99. The van der Waals surface area contributed by atoms with Crippen molar-refractivity contribution in [2.24, 2.45) is 0 Å². The van der Waals surface area contributed by atoms with Crippen LogP contribution in [0.3, 0.4) is 0 Å². The van der Waals surface area contributed by atoms with E-state index in [0.29, 0.717) is 11.3 Å². The fraction of sp³-hybridized carbons (Fsp3) is 0.750. The van der Waals surface area contributed by atoms with Crippen LogP contribution < -0.4 is 5.32 Å². The highest BCUT2D eigenvalue weighted by atomic mass is 32.2. The van der Waals surface area contributed by atoms with E-state index in [1.807, 2.05) is 29.3 Å². The number of thioether (sulfide) groups is 1. The van der Waals surface area contributed by atoms with Crippen LogP contribution in [0, 0.1) is 0 Å². The Morgan fingerprint density at radius 2 is 2.19 bits per heavy atom. The van der Waals surface area contributed by atoms with Crippen LogP contribution in [0.25, 0.3) is 0 Å². The van der Waals surface area contributed by atoms with Crippen molar-refractivity contribution >= 4 is 23.1 Å². The molecule has 2 nitrogen and oxygen atoms in total. The SMILES string of the molecule is CCCNC(C)c1cnc(CSC(C)C)s1. The minimum atomic E-state index is 0.440. The summed E-state index contributed by atoms with van der Waals surface area (Å²) < 4.78 is 0. The van der Waals surface area contributed by atoms with Gasteiger partial charge in [0.25, 0.3) is 0 Å². The number of hydrogen-bond donors (Lipinski definition) is 1. The topological polar surface area (TPSA) is 24.9 Å². The molecular weight excluding hydrogens is 236 g/mol. The summed E-state index contributed by atoms with van der Waals surface area (Å²) in [6.45, 7) is 9.93. The van der Waals surface area contributed by atoms with Crippen molar-refractivity contribution in [1.82, 2.24) is 10.3 Å². The predicted molar refractivity (Wildman–Crippen MR) is 75.3 cm³/mol. The summed E-state index contributed by atoms with van der Waals surface area (Å²) >= 11 is 3.79. The zero-order valence-electron chi connectivity index (χ0n) is 10.6. The van der Waals surface area contributed by atoms with E-state index >= 15 is 0 Å². The maximum Gasteiger partial charge on any atom is 0.103 e. The molecule has 0 radical (unpaired) electrons. The van der Waals surface area contributed by atoms with E-state index in [1.54, 1.807) is 0 Å². The number of nitrogens with one attached hydrogen (secondary N) is 1. The summed E-state index contributed by atoms with van der Waals surface area (Å²) in [7, 11) is 0. The molecule has 16 heavy (non-hydrogen) atoms. The van der Waals surface area contributed by atoms with Gasteiger partial charge < -0.3 is 5.32 Å². The average Bonchev–Trinajstić information content (AvgIpc) is 2.71. The van der Waals surface area contributed by atoms with Gasteiger partial charge in [0.15, 0.2) is 0 Å². The molecule has 1 heterocycles. The molecule has 1 atom stereocenters. The number of nitrogens with zero attached hydrogens (tertiary/aromatic N) is 1. The second kappa shape index (κ2) is 7.30. The molecule has 1 aromatic rings. The van der Waals surface area contributed by atoms with Gasteiger partial charge in [-0.3, -0.25) is 0 Å². The van der Waals surface area contributed by atoms with Gasteiger partial charge in [0, 0.05) is 22.9 Å². The van der Waals surface area contributed by atoms with Crippen LogP contribution >= 0.6 is 23.1 Å². The van der Waals surface area contributed by atoms with Crippen LogP contribution in [0.15, 0.2) is 6.20 Å². The van der Waals surface area contributed by atoms with Crippen LogP contribution in [-0.2, 0) is 5.75 Å². The second-order valence-corrected chi connectivity index (χ2v) is 6.90. The molecule has 1 unspecified atom stereocenters. The lowest BCUT2D eigenvalue weighted by atomic mass is 10.3. The van der Waals surface area contributed by atoms with Gasteiger partial charge in [-0.2, -0.15) is 11.8 Å². The fourth-order valence-electron chi connectivity index (χ4n) is 1.29. The van der Waals surface area contributed by atoms with E-state index in [2.05, 4.69) is 38.0 Å². The third kappa shape index (κ3) is 4.85. The molecule has 0 saturated carbocycles. The molecule has 0 aliphatic heterocycles. The van der Waals surface area contributed by atoms with Crippen LogP contribution in [0.2, 0.25) is 0 Å². The first-order valence-corrected chi connectivity index (χ1v) is 7.79. The van der Waals surface area contributed by atoms with E-state index in [0.717, 1.165) is 12.3 Å². The van der Waals surface area contributed by atoms with Gasteiger partial charge in [-0.05, 0) is 25.1 Å². The molecule has 0 amide bonds. The number of thiazole rings is 1. The molecule has 0 aromatic carbocycles. The molecule has 92 valence electrons. The minimum Gasteiger partial charge on any atom is -0.309 e. The molecule has 0 bridgehead atoms. The number of hydrogen-bond acceptors (Lipinski definition) is 4. The van der Waals surface area contributed by atoms with Gasteiger partial charge in [-0.15, -0.1) is 11.3 Å². The summed E-state index contributed by atoms with van der Waals surface area (Å²) in [5.41, 5.74) is 0. The van der Waals surface area contributed by atoms with Crippen molar-refractivity contribution in [3.05, 3.63) is 16.1 Å². The lowest BCUT2D eigenvalue weighted by Crippen LogP contribution is -2.18. The molecule has 4 heteroatoms. The molecular formula is C12H22N2S2. The molecule has 1 N–H and O–H groups in total. The summed E-state index contributed by atoms with van der Waals surface area (Å²) in [4.78, 5) is 5.83. The standard InChI is InChI=1S/C12H22N2S2/c1-5-6-13-10(4)11-7-14-12(16-11)8-15-9(2)3/h7,9-10,13H,5-6,8H2,1-4H3. The number of rotatable bonds is 7. The van der Waals surface area contributed by atoms with E-state index < -0.39 is 0 Å². The molecule has 1 aromatic heterocycles. The Morgan fingerprint density at radius 3 is 2.81 bits per heavy atom. The van der Waals surface area contributed by atoms with Gasteiger partial charge in [-0.25, -0.2) is 4.98 Å². The van der Waals surface area contributed by atoms with Crippen LogP contribution in [-0.4, -0.2) is 16.8 Å². The summed E-state index contributed by atoms with van der Waals surface area (Å²) in [5, 5.41) is 5.42. The average molecular weight is 258 g/mol. The molecule has 0 aliphatic rings. The maximum atomic E-state index is 4.47. The predicted octanol–water partition coefficient (Wildman–Crippen LogP) is 3.85. The zero-order chi connectivity index (χ0) is 12.0. The van der Waals surface area contributed by atoms with E-state index in [-0.39, 0.29) is 0 Å². The highest BCUT2D eigenvalue weighted by Gasteiger charge is 2.09.